The molecule has 0 bridgehead atoms. The molecule has 2 amide bonds. The van der Waals surface area contributed by atoms with E-state index in [0.29, 0.717) is 13.0 Å². The molecule has 0 spiro atoms. The number of carbonyl (C=O) groups excluding carboxylic acids is 1. The molecule has 1 saturated heterocycles. The predicted molar refractivity (Wildman–Crippen MR) is 72.3 cm³/mol. The minimum Gasteiger partial charge on any atom is -0.481 e. The highest BCUT2D eigenvalue weighted by Gasteiger charge is 2.36. The standard InChI is InChI=1S/C14H18N2O3/c1-10-3-5-11(6-4-10)16-12(7-8-13(17)18)9-15(2)14(16)19/h3-6,12H,7-9H2,1-2H3,(H,17,18). The fraction of sp³-hybridized carbons (Fsp3) is 0.429. The van der Waals surface area contributed by atoms with Crippen molar-refractivity contribution in [2.75, 3.05) is 18.5 Å². The maximum atomic E-state index is 12.2. The van der Waals surface area contributed by atoms with Gasteiger partial charge < -0.3 is 10.0 Å². The van der Waals surface area contributed by atoms with E-state index in [1.165, 1.54) is 0 Å². The van der Waals surface area contributed by atoms with Crippen LogP contribution in [-0.2, 0) is 4.79 Å². The van der Waals surface area contributed by atoms with Crippen molar-refractivity contribution in [3.8, 4) is 0 Å². The summed E-state index contributed by atoms with van der Waals surface area (Å²) in [4.78, 5) is 26.2. The van der Waals surface area contributed by atoms with Gasteiger partial charge in [0.25, 0.3) is 0 Å². The second kappa shape index (κ2) is 5.30. The zero-order valence-electron chi connectivity index (χ0n) is 11.2. The van der Waals surface area contributed by atoms with Crippen molar-refractivity contribution in [3.63, 3.8) is 0 Å². The van der Waals surface area contributed by atoms with Gasteiger partial charge >= 0.3 is 12.0 Å². The third-order valence-corrected chi connectivity index (χ3v) is 3.39. The Hall–Kier alpha value is -2.04. The van der Waals surface area contributed by atoms with Gasteiger partial charge in [0.05, 0.1) is 6.04 Å². The van der Waals surface area contributed by atoms with Crippen LogP contribution in [0.25, 0.3) is 0 Å². The molecule has 1 aliphatic heterocycles. The molecule has 1 fully saturated rings. The summed E-state index contributed by atoms with van der Waals surface area (Å²) in [5.74, 6) is -0.828. The largest absolute Gasteiger partial charge is 0.481 e. The van der Waals surface area contributed by atoms with Crippen molar-refractivity contribution in [1.82, 2.24) is 4.90 Å². The summed E-state index contributed by atoms with van der Waals surface area (Å²) < 4.78 is 0. The summed E-state index contributed by atoms with van der Waals surface area (Å²) in [5, 5.41) is 8.78. The fourth-order valence-corrected chi connectivity index (χ4v) is 2.35. The number of carbonyl (C=O) groups is 2. The Bertz CT molecular complexity index is 484. The van der Waals surface area contributed by atoms with Gasteiger partial charge in [0.2, 0.25) is 0 Å². The van der Waals surface area contributed by atoms with E-state index in [2.05, 4.69) is 0 Å². The molecule has 5 nitrogen and oxygen atoms in total. The summed E-state index contributed by atoms with van der Waals surface area (Å²) >= 11 is 0. The molecule has 102 valence electrons. The molecule has 1 heterocycles. The molecule has 0 radical (unpaired) electrons. The van der Waals surface area contributed by atoms with Crippen LogP contribution in [-0.4, -0.2) is 41.6 Å². The lowest BCUT2D eigenvalue weighted by atomic mass is 10.1. The van der Waals surface area contributed by atoms with Gasteiger partial charge in [0.1, 0.15) is 0 Å². The van der Waals surface area contributed by atoms with Crippen LogP contribution in [0.15, 0.2) is 24.3 Å². The molecule has 0 saturated carbocycles. The number of carboxylic acids is 1. The number of aliphatic carboxylic acids is 1. The second-order valence-corrected chi connectivity index (χ2v) is 4.95. The fourth-order valence-electron chi connectivity index (χ4n) is 2.35. The minimum absolute atomic E-state index is 0.0701. The first kappa shape index (κ1) is 13.4. The van der Waals surface area contributed by atoms with Crippen LogP contribution in [0.5, 0.6) is 0 Å². The monoisotopic (exact) mass is 262 g/mol. The first-order valence-corrected chi connectivity index (χ1v) is 6.32. The number of hydrogen-bond acceptors (Lipinski definition) is 2. The number of anilines is 1. The van der Waals surface area contributed by atoms with Crippen LogP contribution in [0, 0.1) is 6.92 Å². The van der Waals surface area contributed by atoms with E-state index in [1.807, 2.05) is 31.2 Å². The summed E-state index contributed by atoms with van der Waals surface area (Å²) in [6, 6.07) is 7.57. The van der Waals surface area contributed by atoms with E-state index < -0.39 is 5.97 Å². The normalized spacial score (nSPS) is 19.1. The molecule has 19 heavy (non-hydrogen) atoms. The van der Waals surface area contributed by atoms with Crippen molar-refractivity contribution in [1.29, 1.82) is 0 Å². The van der Waals surface area contributed by atoms with E-state index in [-0.39, 0.29) is 18.5 Å². The van der Waals surface area contributed by atoms with E-state index >= 15 is 0 Å². The Labute approximate surface area is 112 Å². The number of carboxylic acid groups (broad SMARTS) is 1. The second-order valence-electron chi connectivity index (χ2n) is 4.95. The van der Waals surface area contributed by atoms with Crippen molar-refractivity contribution in [2.45, 2.75) is 25.8 Å². The Morgan fingerprint density at radius 1 is 1.37 bits per heavy atom. The lowest BCUT2D eigenvalue weighted by Gasteiger charge is -2.22. The number of amides is 2. The van der Waals surface area contributed by atoms with Crippen LogP contribution in [0.2, 0.25) is 0 Å². The number of nitrogens with zero attached hydrogens (tertiary/aromatic N) is 2. The van der Waals surface area contributed by atoms with Crippen LogP contribution >= 0.6 is 0 Å². The van der Waals surface area contributed by atoms with E-state index in [4.69, 9.17) is 5.11 Å². The minimum atomic E-state index is -0.828. The molecule has 1 unspecified atom stereocenters. The highest BCUT2D eigenvalue weighted by Crippen LogP contribution is 2.26. The van der Waals surface area contributed by atoms with Crippen LogP contribution < -0.4 is 4.90 Å². The quantitative estimate of drug-likeness (QED) is 0.904. The first-order chi connectivity index (χ1) is 8.99. The highest BCUT2D eigenvalue weighted by molar-refractivity contribution is 5.94. The molecule has 1 aliphatic rings. The third-order valence-electron chi connectivity index (χ3n) is 3.39. The van der Waals surface area contributed by atoms with Crippen LogP contribution in [0.3, 0.4) is 0 Å². The Kier molecular flexibility index (Phi) is 3.74. The van der Waals surface area contributed by atoms with Gasteiger partial charge in [-0.2, -0.15) is 0 Å². The molecular weight excluding hydrogens is 244 g/mol. The SMILES string of the molecule is Cc1ccc(N2C(=O)N(C)CC2CCC(=O)O)cc1. The van der Waals surface area contributed by atoms with Crippen molar-refractivity contribution in [3.05, 3.63) is 29.8 Å². The number of aryl methyl sites for hydroxylation is 1. The maximum absolute atomic E-state index is 12.2. The lowest BCUT2D eigenvalue weighted by Crippen LogP contribution is -2.34. The molecule has 2 rings (SSSR count). The predicted octanol–water partition coefficient (Wildman–Crippen LogP) is 2.10. The summed E-state index contributed by atoms with van der Waals surface area (Å²) in [7, 11) is 1.74. The zero-order valence-corrected chi connectivity index (χ0v) is 11.2. The Morgan fingerprint density at radius 3 is 2.58 bits per heavy atom. The average molecular weight is 262 g/mol. The molecule has 1 aromatic rings. The molecule has 1 N–H and O–H groups in total. The maximum Gasteiger partial charge on any atom is 0.324 e. The molecule has 0 aromatic heterocycles. The zero-order chi connectivity index (χ0) is 14.0. The summed E-state index contributed by atoms with van der Waals surface area (Å²) in [5.41, 5.74) is 1.96. The van der Waals surface area contributed by atoms with Gasteiger partial charge in [0.15, 0.2) is 0 Å². The van der Waals surface area contributed by atoms with Crippen molar-refractivity contribution in [2.24, 2.45) is 0 Å². The number of hydrogen-bond donors (Lipinski definition) is 1. The molecule has 5 heteroatoms. The summed E-state index contributed by atoms with van der Waals surface area (Å²) in [6.45, 7) is 2.56. The number of benzene rings is 1. The van der Waals surface area contributed by atoms with E-state index in [9.17, 15) is 9.59 Å². The first-order valence-electron chi connectivity index (χ1n) is 6.32. The summed E-state index contributed by atoms with van der Waals surface area (Å²) in [6.07, 6.45) is 0.549. The van der Waals surface area contributed by atoms with Gasteiger partial charge in [-0.15, -0.1) is 0 Å². The van der Waals surface area contributed by atoms with Crippen LogP contribution in [0.1, 0.15) is 18.4 Å². The number of likely N-dealkylation sites (N-methyl/N-ethyl adjacent to an activating group) is 1. The number of urea groups is 1. The van der Waals surface area contributed by atoms with Crippen LogP contribution in [0.4, 0.5) is 10.5 Å². The van der Waals surface area contributed by atoms with Crippen molar-refractivity contribution < 1.29 is 14.7 Å². The molecule has 1 atom stereocenters. The molecule has 1 aromatic carbocycles. The van der Waals surface area contributed by atoms with Gasteiger partial charge in [0, 0.05) is 25.7 Å². The molecule has 0 aliphatic carbocycles. The van der Waals surface area contributed by atoms with Gasteiger partial charge in [-0.25, -0.2) is 4.79 Å². The van der Waals surface area contributed by atoms with E-state index in [0.717, 1.165) is 11.3 Å². The van der Waals surface area contributed by atoms with Gasteiger partial charge in [-0.1, -0.05) is 17.7 Å². The van der Waals surface area contributed by atoms with Gasteiger partial charge in [-0.05, 0) is 25.5 Å². The lowest BCUT2D eigenvalue weighted by molar-refractivity contribution is -0.137. The topological polar surface area (TPSA) is 60.9 Å². The average Bonchev–Trinajstić information content (AvgIpc) is 2.64. The Balaban J connectivity index is 2.20. The third kappa shape index (κ3) is 2.86. The smallest absolute Gasteiger partial charge is 0.324 e. The highest BCUT2D eigenvalue weighted by atomic mass is 16.4. The van der Waals surface area contributed by atoms with E-state index in [1.54, 1.807) is 16.8 Å². The van der Waals surface area contributed by atoms with Gasteiger partial charge in [-0.3, -0.25) is 9.69 Å². The molecular formula is C14H18N2O3. The Morgan fingerprint density at radius 2 is 2.00 bits per heavy atom. The number of rotatable bonds is 4. The van der Waals surface area contributed by atoms with Crippen molar-refractivity contribution >= 4 is 17.7 Å².